The molecular weight excluding hydrogens is 384 g/mol. The van der Waals surface area contributed by atoms with E-state index in [9.17, 15) is 14.4 Å². The molecule has 1 saturated heterocycles. The monoisotopic (exact) mass is 400 g/mol. The summed E-state index contributed by atoms with van der Waals surface area (Å²) in [4.78, 5) is 38.2. The lowest BCUT2D eigenvalue weighted by Gasteiger charge is -2.14. The molecule has 3 rings (SSSR count). The summed E-state index contributed by atoms with van der Waals surface area (Å²) in [7, 11) is 0. The summed E-state index contributed by atoms with van der Waals surface area (Å²) >= 11 is 6.67. The van der Waals surface area contributed by atoms with Gasteiger partial charge >= 0.3 is 0 Å². The van der Waals surface area contributed by atoms with Gasteiger partial charge in [0.05, 0.1) is 4.91 Å². The first-order valence-corrected chi connectivity index (χ1v) is 9.41. The van der Waals surface area contributed by atoms with Gasteiger partial charge in [-0.05, 0) is 61.0 Å². The van der Waals surface area contributed by atoms with Crippen LogP contribution in [0.2, 0.25) is 5.02 Å². The Balaban J connectivity index is 1.69. The number of imide groups is 1. The second kappa shape index (κ2) is 7.98. The average molecular weight is 401 g/mol. The van der Waals surface area contributed by atoms with Gasteiger partial charge in [0.25, 0.3) is 11.1 Å². The molecule has 1 heterocycles. The van der Waals surface area contributed by atoms with Crippen LogP contribution in [0.1, 0.15) is 16.7 Å². The summed E-state index contributed by atoms with van der Waals surface area (Å²) in [6.07, 6.45) is 1.61. The zero-order chi connectivity index (χ0) is 19.6. The number of nitrogens with one attached hydrogen (secondary N) is 1. The fourth-order valence-electron chi connectivity index (χ4n) is 2.63. The lowest BCUT2D eigenvalue weighted by atomic mass is 10.1. The van der Waals surface area contributed by atoms with Crippen LogP contribution in [0.5, 0.6) is 0 Å². The molecule has 0 bridgehead atoms. The molecule has 0 saturated carbocycles. The van der Waals surface area contributed by atoms with Crippen molar-refractivity contribution in [2.24, 2.45) is 0 Å². The summed E-state index contributed by atoms with van der Waals surface area (Å²) in [5.74, 6) is -0.896. The highest BCUT2D eigenvalue weighted by Gasteiger charge is 2.36. The molecule has 0 unspecified atom stereocenters. The molecule has 0 aliphatic carbocycles. The van der Waals surface area contributed by atoms with Crippen molar-refractivity contribution in [3.05, 3.63) is 69.1 Å². The average Bonchev–Trinajstić information content (AvgIpc) is 2.87. The Morgan fingerprint density at radius 2 is 1.85 bits per heavy atom. The lowest BCUT2D eigenvalue weighted by Crippen LogP contribution is -2.36. The maximum absolute atomic E-state index is 12.5. The second-order valence-electron chi connectivity index (χ2n) is 6.19. The number of benzene rings is 2. The highest BCUT2D eigenvalue weighted by molar-refractivity contribution is 8.18. The molecule has 0 aromatic heterocycles. The predicted octanol–water partition coefficient (Wildman–Crippen LogP) is 4.63. The van der Waals surface area contributed by atoms with E-state index in [0.29, 0.717) is 10.7 Å². The van der Waals surface area contributed by atoms with Crippen molar-refractivity contribution >= 4 is 52.2 Å². The summed E-state index contributed by atoms with van der Waals surface area (Å²) in [5, 5.41) is 2.87. The smallest absolute Gasteiger partial charge is 0.294 e. The molecule has 7 heteroatoms. The fourth-order valence-corrected chi connectivity index (χ4v) is 3.60. The van der Waals surface area contributed by atoms with Gasteiger partial charge < -0.3 is 5.32 Å². The molecule has 0 radical (unpaired) electrons. The lowest BCUT2D eigenvalue weighted by molar-refractivity contribution is -0.127. The normalized spacial score (nSPS) is 15.5. The van der Waals surface area contributed by atoms with Crippen molar-refractivity contribution in [3.63, 3.8) is 0 Å². The van der Waals surface area contributed by atoms with Crippen LogP contribution in [-0.2, 0) is 9.59 Å². The molecule has 1 N–H and O–H groups in total. The molecular formula is C20H17ClN2O3S. The van der Waals surface area contributed by atoms with Gasteiger partial charge in [0.1, 0.15) is 6.54 Å². The van der Waals surface area contributed by atoms with Gasteiger partial charge in [-0.15, -0.1) is 0 Å². The Kier molecular flexibility index (Phi) is 5.68. The molecule has 27 heavy (non-hydrogen) atoms. The number of carbonyl (C=O) groups excluding carboxylic acids is 3. The van der Waals surface area contributed by atoms with Crippen molar-refractivity contribution in [1.82, 2.24) is 4.90 Å². The van der Waals surface area contributed by atoms with Gasteiger partial charge in [0, 0.05) is 10.7 Å². The zero-order valence-electron chi connectivity index (χ0n) is 14.8. The van der Waals surface area contributed by atoms with Crippen molar-refractivity contribution in [2.45, 2.75) is 13.8 Å². The van der Waals surface area contributed by atoms with Gasteiger partial charge in [0.2, 0.25) is 5.91 Å². The minimum atomic E-state index is -0.476. The quantitative estimate of drug-likeness (QED) is 0.759. The van der Waals surface area contributed by atoms with E-state index in [0.717, 1.165) is 33.4 Å². The van der Waals surface area contributed by atoms with Crippen molar-refractivity contribution in [3.8, 4) is 0 Å². The van der Waals surface area contributed by atoms with Crippen LogP contribution in [0.3, 0.4) is 0 Å². The molecule has 1 fully saturated rings. The maximum atomic E-state index is 12.5. The number of anilines is 1. The van der Waals surface area contributed by atoms with Crippen LogP contribution < -0.4 is 5.32 Å². The molecule has 2 aromatic carbocycles. The van der Waals surface area contributed by atoms with E-state index in [-0.39, 0.29) is 11.4 Å². The molecule has 3 amide bonds. The van der Waals surface area contributed by atoms with Crippen LogP contribution in [0.4, 0.5) is 10.5 Å². The van der Waals surface area contributed by atoms with E-state index in [1.54, 1.807) is 36.4 Å². The van der Waals surface area contributed by atoms with Crippen molar-refractivity contribution < 1.29 is 14.4 Å². The molecule has 0 atom stereocenters. The largest absolute Gasteiger partial charge is 0.324 e. The number of thioether (sulfide) groups is 1. The Labute approximate surface area is 166 Å². The fraction of sp³-hybridized carbons (Fsp3) is 0.150. The Bertz CT molecular complexity index is 954. The van der Waals surface area contributed by atoms with Crippen LogP contribution in [0.15, 0.2) is 47.4 Å². The van der Waals surface area contributed by atoms with E-state index in [1.165, 1.54) is 0 Å². The van der Waals surface area contributed by atoms with Crippen LogP contribution in [0.25, 0.3) is 6.08 Å². The van der Waals surface area contributed by atoms with Crippen LogP contribution in [-0.4, -0.2) is 28.5 Å². The van der Waals surface area contributed by atoms with Crippen LogP contribution in [0, 0.1) is 13.8 Å². The summed E-state index contributed by atoms with van der Waals surface area (Å²) in [5.41, 5.74) is 3.42. The molecule has 1 aliphatic rings. The van der Waals surface area contributed by atoms with E-state index in [4.69, 9.17) is 11.6 Å². The van der Waals surface area contributed by atoms with E-state index in [1.807, 2.05) is 26.0 Å². The number of amides is 3. The first-order chi connectivity index (χ1) is 12.8. The molecule has 2 aromatic rings. The van der Waals surface area contributed by atoms with E-state index < -0.39 is 17.1 Å². The SMILES string of the molecule is Cc1ccc(NC(=O)CN2C(=O)S/C(=C\c3ccc(Cl)cc3)C2=O)c(C)c1. The Morgan fingerprint density at radius 3 is 2.52 bits per heavy atom. The molecule has 5 nitrogen and oxygen atoms in total. The first kappa shape index (κ1) is 19.2. The van der Waals surface area contributed by atoms with Gasteiger partial charge in [0.15, 0.2) is 0 Å². The number of rotatable bonds is 4. The number of nitrogens with zero attached hydrogens (tertiary/aromatic N) is 1. The Hall–Kier alpha value is -2.57. The van der Waals surface area contributed by atoms with Gasteiger partial charge in [-0.1, -0.05) is 41.4 Å². The topological polar surface area (TPSA) is 66.5 Å². The Morgan fingerprint density at radius 1 is 1.15 bits per heavy atom. The third-order valence-corrected chi connectivity index (χ3v) is 5.16. The van der Waals surface area contributed by atoms with Gasteiger partial charge in [-0.25, -0.2) is 0 Å². The molecule has 0 spiro atoms. The number of halogens is 1. The number of hydrogen-bond donors (Lipinski definition) is 1. The summed E-state index contributed by atoms with van der Waals surface area (Å²) in [6.45, 7) is 3.53. The first-order valence-electron chi connectivity index (χ1n) is 8.21. The molecule has 138 valence electrons. The van der Waals surface area contributed by atoms with Gasteiger partial charge in [-0.2, -0.15) is 0 Å². The number of carbonyl (C=O) groups is 3. The summed E-state index contributed by atoms with van der Waals surface area (Å²) < 4.78 is 0. The minimum Gasteiger partial charge on any atom is -0.324 e. The highest BCUT2D eigenvalue weighted by Crippen LogP contribution is 2.32. The van der Waals surface area contributed by atoms with E-state index >= 15 is 0 Å². The van der Waals surface area contributed by atoms with E-state index in [2.05, 4.69) is 5.32 Å². The number of aryl methyl sites for hydroxylation is 2. The second-order valence-corrected chi connectivity index (χ2v) is 7.62. The standard InChI is InChI=1S/C20H17ClN2O3S/c1-12-3-8-16(13(2)9-12)22-18(24)11-23-19(25)17(27-20(23)26)10-14-4-6-15(21)7-5-14/h3-10H,11H2,1-2H3,(H,22,24)/b17-10-. The maximum Gasteiger partial charge on any atom is 0.294 e. The van der Waals surface area contributed by atoms with Crippen molar-refractivity contribution in [1.29, 1.82) is 0 Å². The molecule has 1 aliphatic heterocycles. The number of hydrogen-bond acceptors (Lipinski definition) is 4. The zero-order valence-corrected chi connectivity index (χ0v) is 16.4. The van der Waals surface area contributed by atoms with Crippen molar-refractivity contribution in [2.75, 3.05) is 11.9 Å². The third kappa shape index (κ3) is 4.59. The van der Waals surface area contributed by atoms with Crippen LogP contribution >= 0.6 is 23.4 Å². The predicted molar refractivity (Wildman–Crippen MR) is 109 cm³/mol. The highest BCUT2D eigenvalue weighted by atomic mass is 35.5. The third-order valence-electron chi connectivity index (χ3n) is 4.00. The minimum absolute atomic E-state index is 0.279. The van der Waals surface area contributed by atoms with Gasteiger partial charge in [-0.3, -0.25) is 19.3 Å². The summed E-state index contributed by atoms with van der Waals surface area (Å²) in [6, 6.07) is 12.6.